The first-order valence-corrected chi connectivity index (χ1v) is 14.9. The summed E-state index contributed by atoms with van der Waals surface area (Å²) in [6.45, 7) is 18.7. The molecule has 0 aliphatic heterocycles. The fraction of sp³-hybridized carbons (Fsp3) is 0.483. The summed E-state index contributed by atoms with van der Waals surface area (Å²) < 4.78 is 2.32. The molecule has 0 aliphatic carbocycles. The van der Waals surface area contributed by atoms with Crippen LogP contribution in [0.4, 0.5) is 0 Å². The number of pyridine rings is 1. The average molecular weight is 433 g/mol. The number of aromatic nitrogens is 1. The maximum atomic E-state index is 2.52. The standard InChI is InChI=1S/C29H42NSi/c1-10-31(11-2,12-3)25-13-14-26-23(17-25)15-16-30(9)29(26)28-19-24(20(4)5)18-27(21(6)7)22(28)8/h13-21H,10-12H2,1-9H3/q+1. The SMILES string of the molecule is CC[Si](CC)(CC)c1ccc2c(-c3cc(C(C)C)cc(C(C)C)c3C)[n+](C)ccc2c1. The maximum absolute atomic E-state index is 2.52. The van der Waals surface area contributed by atoms with Gasteiger partial charge in [-0.2, -0.15) is 0 Å². The van der Waals surface area contributed by atoms with Gasteiger partial charge in [0.05, 0.1) is 19.0 Å². The lowest BCUT2D eigenvalue weighted by molar-refractivity contribution is -0.659. The molecular formula is C29H42NSi+. The summed E-state index contributed by atoms with van der Waals surface area (Å²) in [5.41, 5.74) is 7.07. The molecule has 0 spiro atoms. The Bertz CT molecular complexity index is 1070. The maximum Gasteiger partial charge on any atom is 0.220 e. The van der Waals surface area contributed by atoms with Crippen molar-refractivity contribution in [2.75, 3.05) is 0 Å². The number of hydrogen-bond donors (Lipinski definition) is 0. The molecule has 1 heterocycles. The smallest absolute Gasteiger partial charge is 0.200 e. The molecule has 0 N–H and O–H groups in total. The van der Waals surface area contributed by atoms with Gasteiger partial charge in [-0.25, -0.2) is 4.57 Å². The molecule has 0 unspecified atom stereocenters. The summed E-state index contributed by atoms with van der Waals surface area (Å²) in [6, 6.07) is 18.6. The average Bonchev–Trinajstić information content (AvgIpc) is 2.75. The Morgan fingerprint density at radius 1 is 0.839 bits per heavy atom. The second kappa shape index (κ2) is 9.28. The van der Waals surface area contributed by atoms with Crippen LogP contribution < -0.4 is 9.75 Å². The van der Waals surface area contributed by atoms with Crippen LogP contribution in [0.1, 0.15) is 77.0 Å². The van der Waals surface area contributed by atoms with Gasteiger partial charge in [-0.1, -0.05) is 90.0 Å². The molecule has 2 heteroatoms. The van der Waals surface area contributed by atoms with Crippen molar-refractivity contribution < 1.29 is 4.57 Å². The van der Waals surface area contributed by atoms with Gasteiger partial charge in [-0.15, -0.1) is 0 Å². The number of benzene rings is 2. The van der Waals surface area contributed by atoms with Gasteiger partial charge in [0.2, 0.25) is 5.69 Å². The molecule has 0 amide bonds. The van der Waals surface area contributed by atoms with E-state index in [0.29, 0.717) is 11.8 Å². The number of nitrogens with zero attached hydrogens (tertiary/aromatic N) is 1. The molecule has 3 aromatic rings. The lowest BCUT2D eigenvalue weighted by Gasteiger charge is -2.29. The summed E-state index contributed by atoms with van der Waals surface area (Å²) >= 11 is 0. The molecule has 2 aromatic carbocycles. The minimum absolute atomic E-state index is 0.522. The Kier molecular flexibility index (Phi) is 7.10. The zero-order valence-electron chi connectivity index (χ0n) is 21.3. The van der Waals surface area contributed by atoms with Crippen LogP contribution in [0.25, 0.3) is 22.0 Å². The predicted octanol–water partition coefficient (Wildman–Crippen LogP) is 7.60. The van der Waals surface area contributed by atoms with E-state index >= 15 is 0 Å². The van der Waals surface area contributed by atoms with E-state index in [-0.39, 0.29) is 0 Å². The molecule has 0 bridgehead atoms. The Balaban J connectivity index is 2.32. The highest BCUT2D eigenvalue weighted by molar-refractivity contribution is 6.91. The molecule has 1 nitrogen and oxygen atoms in total. The van der Waals surface area contributed by atoms with E-state index in [2.05, 4.69) is 110 Å². The fourth-order valence-electron chi connectivity index (χ4n) is 5.34. The lowest BCUT2D eigenvalue weighted by atomic mass is 9.86. The first kappa shape index (κ1) is 23.7. The van der Waals surface area contributed by atoms with Gasteiger partial charge in [0, 0.05) is 6.07 Å². The van der Waals surface area contributed by atoms with E-state index in [1.54, 1.807) is 5.19 Å². The van der Waals surface area contributed by atoms with Crippen molar-refractivity contribution in [3.63, 3.8) is 0 Å². The highest BCUT2D eigenvalue weighted by Gasteiger charge is 2.30. The van der Waals surface area contributed by atoms with Gasteiger partial charge in [0.15, 0.2) is 6.20 Å². The highest BCUT2D eigenvalue weighted by Crippen LogP contribution is 2.35. The first-order chi connectivity index (χ1) is 14.7. The van der Waals surface area contributed by atoms with Crippen LogP contribution in [-0.4, -0.2) is 8.07 Å². The van der Waals surface area contributed by atoms with Gasteiger partial charge in [0.1, 0.15) is 7.05 Å². The van der Waals surface area contributed by atoms with Crippen LogP contribution in [0.5, 0.6) is 0 Å². The fourth-order valence-corrected chi connectivity index (χ4v) is 8.96. The number of rotatable bonds is 7. The van der Waals surface area contributed by atoms with Gasteiger partial charge >= 0.3 is 0 Å². The van der Waals surface area contributed by atoms with Crippen LogP contribution in [0.15, 0.2) is 42.6 Å². The van der Waals surface area contributed by atoms with Crippen molar-refractivity contribution in [2.24, 2.45) is 7.05 Å². The molecule has 0 fully saturated rings. The molecule has 1 aromatic heterocycles. The van der Waals surface area contributed by atoms with Crippen LogP contribution in [0, 0.1) is 6.92 Å². The lowest BCUT2D eigenvalue weighted by Crippen LogP contribution is -2.45. The molecule has 31 heavy (non-hydrogen) atoms. The third-order valence-electron chi connectivity index (χ3n) is 7.79. The molecule has 0 saturated carbocycles. The topological polar surface area (TPSA) is 3.88 Å². The zero-order chi connectivity index (χ0) is 22.9. The van der Waals surface area contributed by atoms with E-state index in [1.807, 2.05) is 0 Å². The van der Waals surface area contributed by atoms with Gasteiger partial charge in [-0.05, 0) is 53.0 Å². The Labute approximate surface area is 191 Å². The Morgan fingerprint density at radius 3 is 2.03 bits per heavy atom. The van der Waals surface area contributed by atoms with Crippen molar-refractivity contribution in [1.29, 1.82) is 0 Å². The molecule has 3 rings (SSSR count). The van der Waals surface area contributed by atoms with Gasteiger partial charge in [0.25, 0.3) is 0 Å². The monoisotopic (exact) mass is 432 g/mol. The number of fused-ring (bicyclic) bond motifs is 1. The van der Waals surface area contributed by atoms with Crippen LogP contribution in [-0.2, 0) is 7.05 Å². The van der Waals surface area contributed by atoms with E-state index in [4.69, 9.17) is 0 Å². The minimum Gasteiger partial charge on any atom is -0.200 e. The van der Waals surface area contributed by atoms with Crippen LogP contribution in [0.3, 0.4) is 0 Å². The molecule has 0 saturated heterocycles. The largest absolute Gasteiger partial charge is 0.220 e. The molecule has 166 valence electrons. The Hall–Kier alpha value is -1.93. The van der Waals surface area contributed by atoms with E-state index in [1.165, 1.54) is 56.9 Å². The van der Waals surface area contributed by atoms with Crippen LogP contribution in [0.2, 0.25) is 18.1 Å². The van der Waals surface area contributed by atoms with Crippen molar-refractivity contribution >= 4 is 24.0 Å². The third kappa shape index (κ3) is 4.24. The molecule has 0 aliphatic rings. The summed E-state index contributed by atoms with van der Waals surface area (Å²) in [5.74, 6) is 1.05. The van der Waals surface area contributed by atoms with E-state index < -0.39 is 8.07 Å². The predicted molar refractivity (Wildman–Crippen MR) is 140 cm³/mol. The van der Waals surface area contributed by atoms with Crippen molar-refractivity contribution in [1.82, 2.24) is 0 Å². The van der Waals surface area contributed by atoms with Gasteiger partial charge < -0.3 is 0 Å². The summed E-state index contributed by atoms with van der Waals surface area (Å²) in [4.78, 5) is 0. The van der Waals surface area contributed by atoms with Crippen LogP contribution >= 0.6 is 0 Å². The molecular weight excluding hydrogens is 390 g/mol. The third-order valence-corrected chi connectivity index (χ3v) is 13.4. The second-order valence-electron chi connectivity index (χ2n) is 10.0. The minimum atomic E-state index is -1.39. The number of aryl methyl sites for hydroxylation is 1. The van der Waals surface area contributed by atoms with Crippen molar-refractivity contribution in [3.8, 4) is 11.3 Å². The van der Waals surface area contributed by atoms with Crippen molar-refractivity contribution in [3.05, 3.63) is 59.3 Å². The molecule has 0 atom stereocenters. The summed E-state index contributed by atoms with van der Waals surface area (Å²) in [7, 11) is 0.810. The summed E-state index contributed by atoms with van der Waals surface area (Å²) in [5, 5.41) is 4.39. The first-order valence-electron chi connectivity index (χ1n) is 12.3. The highest BCUT2D eigenvalue weighted by atomic mass is 28.3. The zero-order valence-corrected chi connectivity index (χ0v) is 22.3. The number of hydrogen-bond acceptors (Lipinski definition) is 0. The van der Waals surface area contributed by atoms with Crippen molar-refractivity contribution in [2.45, 2.75) is 85.4 Å². The summed E-state index contributed by atoms with van der Waals surface area (Å²) in [6.07, 6.45) is 2.26. The normalized spacial score (nSPS) is 12.4. The van der Waals surface area contributed by atoms with Gasteiger partial charge in [-0.3, -0.25) is 0 Å². The van der Waals surface area contributed by atoms with E-state index in [9.17, 15) is 0 Å². The Morgan fingerprint density at radius 2 is 1.48 bits per heavy atom. The molecule has 0 radical (unpaired) electrons. The quantitative estimate of drug-likeness (QED) is 0.267. The second-order valence-corrected chi connectivity index (χ2v) is 15.3. The van der Waals surface area contributed by atoms with E-state index in [0.717, 1.165) is 0 Å².